The first-order chi connectivity index (χ1) is 9.32. The molecule has 1 aromatic carbocycles. The van der Waals surface area contributed by atoms with Gasteiger partial charge in [-0.1, -0.05) is 22.9 Å². The van der Waals surface area contributed by atoms with E-state index < -0.39 is 11.7 Å². The molecule has 0 aliphatic heterocycles. The average molecular weight is 363 g/mol. The maximum atomic E-state index is 12.8. The van der Waals surface area contributed by atoms with Crippen LogP contribution < -0.4 is 0 Å². The fourth-order valence-electron chi connectivity index (χ4n) is 1.72. The van der Waals surface area contributed by atoms with Crippen molar-refractivity contribution in [3.05, 3.63) is 55.7 Å². The summed E-state index contributed by atoms with van der Waals surface area (Å²) in [4.78, 5) is 13.7. The Balaban J connectivity index is 2.40. The smallest absolute Gasteiger partial charge is 0.288 e. The van der Waals surface area contributed by atoms with Crippen molar-refractivity contribution in [1.29, 1.82) is 0 Å². The van der Waals surface area contributed by atoms with Gasteiger partial charge in [-0.15, -0.1) is 11.3 Å². The second kappa shape index (κ2) is 5.69. The van der Waals surface area contributed by atoms with Crippen molar-refractivity contribution in [1.82, 2.24) is 0 Å². The van der Waals surface area contributed by atoms with Gasteiger partial charge < -0.3 is 0 Å². The molecule has 1 nitrogen and oxygen atoms in total. The van der Waals surface area contributed by atoms with Crippen molar-refractivity contribution in [2.45, 2.75) is 19.5 Å². The zero-order chi connectivity index (χ0) is 14.9. The third-order valence-electron chi connectivity index (χ3n) is 2.77. The van der Waals surface area contributed by atoms with Crippen molar-refractivity contribution in [2.75, 3.05) is 0 Å². The van der Waals surface area contributed by atoms with Crippen LogP contribution in [0.3, 0.4) is 0 Å². The van der Waals surface area contributed by atoms with Gasteiger partial charge in [-0.25, -0.2) is 0 Å². The first-order valence-electron chi connectivity index (χ1n) is 5.83. The van der Waals surface area contributed by atoms with E-state index in [1.165, 1.54) is 23.5 Å². The number of thiophene rings is 1. The first-order valence-corrected chi connectivity index (χ1v) is 7.44. The molecule has 6 heteroatoms. The second-order valence-electron chi connectivity index (χ2n) is 4.14. The van der Waals surface area contributed by atoms with Crippen molar-refractivity contribution in [3.63, 3.8) is 0 Å². The summed E-state index contributed by atoms with van der Waals surface area (Å²) in [6.07, 6.45) is -3.69. The Bertz CT molecular complexity index is 646. The molecule has 20 heavy (non-hydrogen) atoms. The fourth-order valence-corrected chi connectivity index (χ4v) is 3.10. The molecule has 0 atom stereocenters. The number of benzene rings is 1. The van der Waals surface area contributed by atoms with Gasteiger partial charge in [0.05, 0.1) is 10.4 Å². The van der Waals surface area contributed by atoms with Crippen LogP contribution in [0, 0.1) is 0 Å². The van der Waals surface area contributed by atoms with Gasteiger partial charge in [0, 0.05) is 14.9 Å². The number of ketones is 1. The second-order valence-corrected chi connectivity index (χ2v) is 6.16. The molecule has 0 aliphatic carbocycles. The van der Waals surface area contributed by atoms with Crippen LogP contribution in [0.15, 0.2) is 34.8 Å². The number of hydrogen-bond donors (Lipinski definition) is 0. The van der Waals surface area contributed by atoms with E-state index in [1.807, 2.05) is 13.0 Å². The topological polar surface area (TPSA) is 17.1 Å². The summed E-state index contributed by atoms with van der Waals surface area (Å²) in [6.45, 7) is 1.96. The van der Waals surface area contributed by atoms with Crippen molar-refractivity contribution in [3.8, 4) is 0 Å². The Hall–Kier alpha value is -1.14. The number of rotatable bonds is 3. The largest absolute Gasteiger partial charge is 0.417 e. The molecule has 1 heterocycles. The van der Waals surface area contributed by atoms with E-state index in [-0.39, 0.29) is 15.8 Å². The summed E-state index contributed by atoms with van der Waals surface area (Å²) >= 11 is 4.17. The van der Waals surface area contributed by atoms with E-state index in [0.29, 0.717) is 4.88 Å². The summed E-state index contributed by atoms with van der Waals surface area (Å²) in [5.74, 6) is -0.382. The molecule has 1 aromatic heterocycles. The normalized spacial score (nSPS) is 11.7. The molecular weight excluding hydrogens is 353 g/mol. The number of carbonyl (C=O) groups excluding carboxylic acids is 1. The molecule has 0 unspecified atom stereocenters. The fraction of sp³-hybridized carbons (Fsp3) is 0.214. The number of aryl methyl sites for hydroxylation is 1. The lowest BCUT2D eigenvalue weighted by Gasteiger charge is -2.10. The Morgan fingerprint density at radius 1 is 1.25 bits per heavy atom. The molecule has 0 fully saturated rings. The Morgan fingerprint density at radius 3 is 2.50 bits per heavy atom. The summed E-state index contributed by atoms with van der Waals surface area (Å²) in [5, 5.41) is 0. The highest BCUT2D eigenvalue weighted by atomic mass is 79.9. The molecule has 0 aliphatic rings. The third kappa shape index (κ3) is 3.12. The number of carbonyl (C=O) groups is 1. The van der Waals surface area contributed by atoms with Gasteiger partial charge in [0.1, 0.15) is 0 Å². The standard InChI is InChI=1S/C14H10BrF3OS/c1-2-9-4-6-12(20-9)13(19)8-3-5-11(15)10(7-8)14(16,17)18/h3-7H,2H2,1H3. The molecule has 0 bridgehead atoms. The van der Waals surface area contributed by atoms with Crippen LogP contribution >= 0.6 is 27.3 Å². The molecule has 2 rings (SSSR count). The van der Waals surface area contributed by atoms with Gasteiger partial charge in [-0.3, -0.25) is 4.79 Å². The average Bonchev–Trinajstić information content (AvgIpc) is 2.86. The number of alkyl halides is 3. The van der Waals surface area contributed by atoms with Crippen LogP contribution in [-0.4, -0.2) is 5.78 Å². The first kappa shape index (κ1) is 15.3. The van der Waals surface area contributed by atoms with Gasteiger partial charge in [-0.2, -0.15) is 13.2 Å². The van der Waals surface area contributed by atoms with E-state index >= 15 is 0 Å². The molecule has 106 valence electrons. The summed E-state index contributed by atoms with van der Waals surface area (Å²) < 4.78 is 38.4. The van der Waals surface area contributed by atoms with Crippen LogP contribution in [0.25, 0.3) is 0 Å². The van der Waals surface area contributed by atoms with E-state index in [2.05, 4.69) is 15.9 Å². The molecule has 0 amide bonds. The van der Waals surface area contributed by atoms with E-state index in [4.69, 9.17) is 0 Å². The van der Waals surface area contributed by atoms with Crippen molar-refractivity contribution in [2.24, 2.45) is 0 Å². The van der Waals surface area contributed by atoms with Crippen LogP contribution in [0.2, 0.25) is 0 Å². The van der Waals surface area contributed by atoms with Gasteiger partial charge in [0.15, 0.2) is 0 Å². The zero-order valence-electron chi connectivity index (χ0n) is 10.4. The molecule has 2 aromatic rings. The maximum Gasteiger partial charge on any atom is 0.417 e. The lowest BCUT2D eigenvalue weighted by molar-refractivity contribution is -0.138. The predicted octanol–water partition coefficient (Wildman–Crippen LogP) is 5.32. The highest BCUT2D eigenvalue weighted by molar-refractivity contribution is 9.10. The maximum absolute atomic E-state index is 12.8. The van der Waals surface area contributed by atoms with Crippen LogP contribution in [-0.2, 0) is 12.6 Å². The Morgan fingerprint density at radius 2 is 1.95 bits per heavy atom. The molecule has 0 saturated carbocycles. The van der Waals surface area contributed by atoms with E-state index in [0.717, 1.165) is 17.4 Å². The Kier molecular flexibility index (Phi) is 4.34. The third-order valence-corrected chi connectivity index (χ3v) is 4.69. The van der Waals surface area contributed by atoms with E-state index in [9.17, 15) is 18.0 Å². The van der Waals surface area contributed by atoms with Gasteiger partial charge in [-0.05, 0) is 36.8 Å². The molecular formula is C14H10BrF3OS. The number of hydrogen-bond acceptors (Lipinski definition) is 2. The lowest BCUT2D eigenvalue weighted by atomic mass is 10.1. The summed E-state index contributed by atoms with van der Waals surface area (Å²) in [6, 6.07) is 7.01. The van der Waals surface area contributed by atoms with Gasteiger partial charge in [0.2, 0.25) is 5.78 Å². The highest BCUT2D eigenvalue weighted by Crippen LogP contribution is 2.36. The molecule has 0 N–H and O–H groups in total. The molecule has 0 radical (unpaired) electrons. The minimum atomic E-state index is -4.49. The monoisotopic (exact) mass is 362 g/mol. The van der Waals surface area contributed by atoms with Crippen LogP contribution in [0.5, 0.6) is 0 Å². The predicted molar refractivity (Wildman–Crippen MR) is 76.3 cm³/mol. The summed E-state index contributed by atoms with van der Waals surface area (Å²) in [5.41, 5.74) is -0.791. The highest BCUT2D eigenvalue weighted by Gasteiger charge is 2.33. The quantitative estimate of drug-likeness (QED) is 0.675. The minimum Gasteiger partial charge on any atom is -0.288 e. The van der Waals surface area contributed by atoms with Gasteiger partial charge in [0.25, 0.3) is 0 Å². The molecule has 0 saturated heterocycles. The van der Waals surface area contributed by atoms with Crippen LogP contribution in [0.1, 0.15) is 32.6 Å². The van der Waals surface area contributed by atoms with Crippen molar-refractivity contribution >= 4 is 33.0 Å². The van der Waals surface area contributed by atoms with Crippen LogP contribution in [0.4, 0.5) is 13.2 Å². The van der Waals surface area contributed by atoms with E-state index in [1.54, 1.807) is 6.07 Å². The minimum absolute atomic E-state index is 0.0463. The van der Waals surface area contributed by atoms with Gasteiger partial charge >= 0.3 is 6.18 Å². The lowest BCUT2D eigenvalue weighted by Crippen LogP contribution is -2.08. The van der Waals surface area contributed by atoms with Crippen molar-refractivity contribution < 1.29 is 18.0 Å². The Labute approximate surface area is 126 Å². The molecule has 0 spiro atoms. The number of halogens is 4. The summed E-state index contributed by atoms with van der Waals surface area (Å²) in [7, 11) is 0. The zero-order valence-corrected chi connectivity index (χ0v) is 12.8. The SMILES string of the molecule is CCc1ccc(C(=O)c2ccc(Br)c(C(F)(F)F)c2)s1.